The maximum absolute atomic E-state index is 12.4. The molecule has 1 aliphatic carbocycles. The van der Waals surface area contributed by atoms with Gasteiger partial charge in [-0.3, -0.25) is 10.1 Å². The summed E-state index contributed by atoms with van der Waals surface area (Å²) >= 11 is 0. The van der Waals surface area contributed by atoms with Gasteiger partial charge in [-0.2, -0.15) is 0 Å². The van der Waals surface area contributed by atoms with Crippen LogP contribution in [0.2, 0.25) is 0 Å². The van der Waals surface area contributed by atoms with Crippen molar-refractivity contribution in [1.82, 2.24) is 9.71 Å². The smallest absolute Gasteiger partial charge is 0.269 e. The second-order valence-electron chi connectivity index (χ2n) is 6.74. The number of aromatic nitrogens is 1. The van der Waals surface area contributed by atoms with Gasteiger partial charge in [-0.1, -0.05) is 6.07 Å². The Kier molecular flexibility index (Phi) is 4.45. The number of nitro benzene ring substituents is 1. The Labute approximate surface area is 156 Å². The van der Waals surface area contributed by atoms with Crippen LogP contribution in [-0.2, 0) is 29.4 Å². The predicted molar refractivity (Wildman–Crippen MR) is 102 cm³/mol. The van der Waals surface area contributed by atoms with Crippen LogP contribution in [0, 0.1) is 10.1 Å². The molecule has 140 valence electrons. The molecular weight excluding hydrogens is 366 g/mol. The van der Waals surface area contributed by atoms with Gasteiger partial charge in [0.2, 0.25) is 10.0 Å². The number of hydrogen-bond donors (Lipinski definition) is 2. The molecular formula is C19H19N3O4S. The Hall–Kier alpha value is -2.71. The number of nitrogens with zero attached hydrogens (tertiary/aromatic N) is 1. The maximum atomic E-state index is 12.4. The quantitative estimate of drug-likeness (QED) is 0.518. The number of non-ortho nitro benzene ring substituents is 1. The van der Waals surface area contributed by atoms with Crippen LogP contribution in [0.4, 0.5) is 5.69 Å². The second-order valence-corrected chi connectivity index (χ2v) is 8.51. The summed E-state index contributed by atoms with van der Waals surface area (Å²) in [6.07, 6.45) is 4.48. The van der Waals surface area contributed by atoms with Gasteiger partial charge in [0.15, 0.2) is 0 Å². The van der Waals surface area contributed by atoms with E-state index in [0.29, 0.717) is 0 Å². The van der Waals surface area contributed by atoms with Gasteiger partial charge in [-0.15, -0.1) is 0 Å². The van der Waals surface area contributed by atoms with E-state index in [2.05, 4.69) is 9.71 Å². The van der Waals surface area contributed by atoms with E-state index in [1.165, 1.54) is 48.4 Å². The van der Waals surface area contributed by atoms with Crippen LogP contribution in [0.5, 0.6) is 0 Å². The Morgan fingerprint density at radius 3 is 2.56 bits per heavy atom. The van der Waals surface area contributed by atoms with E-state index in [9.17, 15) is 18.5 Å². The van der Waals surface area contributed by atoms with Crippen LogP contribution in [-0.4, -0.2) is 18.3 Å². The maximum Gasteiger partial charge on any atom is 0.269 e. The summed E-state index contributed by atoms with van der Waals surface area (Å²) in [6.45, 7) is 0.162. The Morgan fingerprint density at radius 2 is 1.81 bits per heavy atom. The van der Waals surface area contributed by atoms with E-state index in [1.54, 1.807) is 0 Å². The summed E-state index contributed by atoms with van der Waals surface area (Å²) in [4.78, 5) is 13.6. The van der Waals surface area contributed by atoms with Gasteiger partial charge >= 0.3 is 0 Å². The molecule has 0 radical (unpaired) electrons. The van der Waals surface area contributed by atoms with Crippen molar-refractivity contribution in [3.8, 4) is 0 Å². The zero-order chi connectivity index (χ0) is 19.0. The molecule has 0 fully saturated rings. The van der Waals surface area contributed by atoms with Crippen molar-refractivity contribution < 1.29 is 13.3 Å². The lowest BCUT2D eigenvalue weighted by atomic mass is 9.95. The van der Waals surface area contributed by atoms with Crippen LogP contribution in [0.3, 0.4) is 0 Å². The lowest BCUT2D eigenvalue weighted by Crippen LogP contribution is -2.23. The van der Waals surface area contributed by atoms with Crippen molar-refractivity contribution >= 4 is 26.6 Å². The van der Waals surface area contributed by atoms with Gasteiger partial charge in [0.1, 0.15) is 0 Å². The molecule has 0 atom stereocenters. The summed E-state index contributed by atoms with van der Waals surface area (Å²) in [5.74, 6) is 0. The molecule has 1 aliphatic rings. The van der Waals surface area contributed by atoms with E-state index >= 15 is 0 Å². The molecule has 0 bridgehead atoms. The number of nitrogens with one attached hydrogen (secondary N) is 2. The number of benzene rings is 2. The van der Waals surface area contributed by atoms with Crippen molar-refractivity contribution in [2.24, 2.45) is 0 Å². The first-order valence-electron chi connectivity index (χ1n) is 8.80. The lowest BCUT2D eigenvalue weighted by Gasteiger charge is -2.11. The molecule has 0 aliphatic heterocycles. The number of nitro groups is 1. The molecule has 0 unspecified atom stereocenters. The van der Waals surface area contributed by atoms with Crippen molar-refractivity contribution in [2.45, 2.75) is 37.1 Å². The van der Waals surface area contributed by atoms with Gasteiger partial charge in [0, 0.05) is 35.3 Å². The summed E-state index contributed by atoms with van der Waals surface area (Å²) in [5, 5.41) is 11.9. The van der Waals surface area contributed by atoms with E-state index in [1.807, 2.05) is 18.2 Å². The van der Waals surface area contributed by atoms with Gasteiger partial charge in [0.25, 0.3) is 5.69 Å². The fourth-order valence-corrected chi connectivity index (χ4v) is 4.59. The molecule has 0 saturated carbocycles. The first-order chi connectivity index (χ1) is 12.9. The van der Waals surface area contributed by atoms with Gasteiger partial charge < -0.3 is 4.98 Å². The average molecular weight is 385 g/mol. The molecule has 27 heavy (non-hydrogen) atoms. The first-order valence-corrected chi connectivity index (χ1v) is 10.3. The third-order valence-corrected chi connectivity index (χ3v) is 6.40. The number of H-pyrrole nitrogens is 1. The number of fused-ring (bicyclic) bond motifs is 3. The molecule has 1 aromatic heterocycles. The van der Waals surface area contributed by atoms with Crippen molar-refractivity contribution in [1.29, 1.82) is 0 Å². The number of aromatic amines is 1. The third-order valence-electron chi connectivity index (χ3n) is 4.99. The summed E-state index contributed by atoms with van der Waals surface area (Å²) in [7, 11) is -3.74. The molecule has 2 aromatic carbocycles. The molecule has 0 spiro atoms. The van der Waals surface area contributed by atoms with Gasteiger partial charge in [-0.25, -0.2) is 13.1 Å². The topological polar surface area (TPSA) is 105 Å². The van der Waals surface area contributed by atoms with Crippen LogP contribution in [0.25, 0.3) is 10.9 Å². The minimum atomic E-state index is -3.74. The fourth-order valence-electron chi connectivity index (χ4n) is 3.57. The Bertz CT molecular complexity index is 1120. The largest absolute Gasteiger partial charge is 0.358 e. The standard InChI is InChI=1S/C19H19N3O4S/c23-22(24)14-6-8-15(9-7-14)27(25,26)20-12-13-5-10-19-17(11-13)16-3-1-2-4-18(16)21-19/h5-11,20-21H,1-4,12H2. The minimum absolute atomic E-state index is 0.00759. The molecule has 0 amide bonds. The molecule has 8 heteroatoms. The molecule has 7 nitrogen and oxygen atoms in total. The molecule has 0 saturated heterocycles. The van der Waals surface area contributed by atoms with Gasteiger partial charge in [-0.05, 0) is 61.1 Å². The van der Waals surface area contributed by atoms with Crippen LogP contribution >= 0.6 is 0 Å². The summed E-state index contributed by atoms with van der Waals surface area (Å²) < 4.78 is 27.5. The van der Waals surface area contributed by atoms with E-state index < -0.39 is 14.9 Å². The normalized spacial score (nSPS) is 14.2. The molecule has 2 N–H and O–H groups in total. The van der Waals surface area contributed by atoms with Crippen LogP contribution < -0.4 is 4.72 Å². The second kappa shape index (κ2) is 6.79. The summed E-state index contributed by atoms with van der Waals surface area (Å²) in [6, 6.07) is 10.8. The van der Waals surface area contributed by atoms with Crippen molar-refractivity contribution in [2.75, 3.05) is 0 Å². The van der Waals surface area contributed by atoms with Crippen molar-refractivity contribution in [3.63, 3.8) is 0 Å². The third kappa shape index (κ3) is 3.45. The highest BCUT2D eigenvalue weighted by molar-refractivity contribution is 7.89. The fraction of sp³-hybridized carbons (Fsp3) is 0.263. The Balaban J connectivity index is 1.54. The SMILES string of the molecule is O=[N+]([O-])c1ccc(S(=O)(=O)NCc2ccc3[nH]c4c(c3c2)CCCC4)cc1. The first kappa shape index (κ1) is 17.7. The van der Waals surface area contributed by atoms with Gasteiger partial charge in [0.05, 0.1) is 9.82 Å². The number of hydrogen-bond acceptors (Lipinski definition) is 4. The molecule has 1 heterocycles. The van der Waals surface area contributed by atoms with E-state index in [4.69, 9.17) is 0 Å². The number of rotatable bonds is 5. The van der Waals surface area contributed by atoms with E-state index in [-0.39, 0.29) is 17.1 Å². The van der Waals surface area contributed by atoms with Crippen LogP contribution in [0.15, 0.2) is 47.4 Å². The predicted octanol–water partition coefficient (Wildman–Crippen LogP) is 3.43. The number of aryl methyl sites for hydroxylation is 2. The van der Waals surface area contributed by atoms with Crippen LogP contribution in [0.1, 0.15) is 29.7 Å². The zero-order valence-electron chi connectivity index (χ0n) is 14.6. The lowest BCUT2D eigenvalue weighted by molar-refractivity contribution is -0.384. The summed E-state index contributed by atoms with van der Waals surface area (Å²) in [5.41, 5.74) is 4.46. The van der Waals surface area contributed by atoms with Crippen molar-refractivity contribution in [3.05, 3.63) is 69.4 Å². The zero-order valence-corrected chi connectivity index (χ0v) is 15.4. The monoisotopic (exact) mass is 385 g/mol. The molecule has 4 rings (SSSR count). The highest BCUT2D eigenvalue weighted by Crippen LogP contribution is 2.29. The minimum Gasteiger partial charge on any atom is -0.358 e. The van der Waals surface area contributed by atoms with E-state index in [0.717, 1.165) is 29.3 Å². The highest BCUT2D eigenvalue weighted by Gasteiger charge is 2.18. The Morgan fingerprint density at radius 1 is 1.07 bits per heavy atom. The molecule has 3 aromatic rings. The average Bonchev–Trinajstić information content (AvgIpc) is 3.04. The highest BCUT2D eigenvalue weighted by atomic mass is 32.2. The number of sulfonamides is 1.